The van der Waals surface area contributed by atoms with Gasteiger partial charge in [-0.25, -0.2) is 0 Å². The normalized spacial score (nSPS) is 21.0. The molecule has 0 spiro atoms. The summed E-state index contributed by atoms with van der Waals surface area (Å²) in [6.45, 7) is 8.03. The van der Waals surface area contributed by atoms with Gasteiger partial charge >= 0.3 is 5.97 Å². The van der Waals surface area contributed by atoms with Gasteiger partial charge in [-0.2, -0.15) is 0 Å². The Morgan fingerprint density at radius 2 is 2.10 bits per heavy atom. The molecule has 1 aliphatic rings. The topological polar surface area (TPSA) is 53.4 Å². The van der Waals surface area contributed by atoms with Crippen molar-refractivity contribution in [2.45, 2.75) is 64.5 Å². The molecule has 4 nitrogen and oxygen atoms in total. The van der Waals surface area contributed by atoms with E-state index in [4.69, 9.17) is 0 Å². The van der Waals surface area contributed by atoms with Crippen LogP contribution in [0.15, 0.2) is 18.5 Å². The van der Waals surface area contributed by atoms with Crippen LogP contribution in [0.1, 0.15) is 57.6 Å². The standard InChI is InChI=1S/C17H26N2O2/c1-17(2,3)14-9-13(10-18-11-14)12-19-8-6-4-5-7-15(19)16(20)21/h9-11,15H,4-8,12H2,1-3H3,(H,20,21). The lowest BCUT2D eigenvalue weighted by Gasteiger charge is -2.27. The lowest BCUT2D eigenvalue weighted by molar-refractivity contribution is -0.143. The van der Waals surface area contributed by atoms with Crippen molar-refractivity contribution < 1.29 is 9.90 Å². The highest BCUT2D eigenvalue weighted by Crippen LogP contribution is 2.24. The molecule has 1 aromatic rings. The number of carboxylic acid groups (broad SMARTS) is 1. The fraction of sp³-hybridized carbons (Fsp3) is 0.647. The van der Waals surface area contributed by atoms with Crippen LogP contribution in [0.3, 0.4) is 0 Å². The van der Waals surface area contributed by atoms with Crippen LogP contribution in [0.2, 0.25) is 0 Å². The number of likely N-dealkylation sites (tertiary alicyclic amines) is 1. The average molecular weight is 290 g/mol. The predicted octanol–water partition coefficient (Wildman–Crippen LogP) is 3.21. The van der Waals surface area contributed by atoms with E-state index >= 15 is 0 Å². The summed E-state index contributed by atoms with van der Waals surface area (Å²) in [7, 11) is 0. The van der Waals surface area contributed by atoms with E-state index in [1.165, 1.54) is 5.56 Å². The molecule has 2 rings (SSSR count). The molecule has 1 aromatic heterocycles. The fourth-order valence-electron chi connectivity index (χ4n) is 2.86. The van der Waals surface area contributed by atoms with E-state index in [-0.39, 0.29) is 11.5 Å². The Bertz CT molecular complexity index is 494. The molecule has 0 aliphatic carbocycles. The quantitative estimate of drug-likeness (QED) is 0.928. The number of nitrogens with zero attached hydrogens (tertiary/aromatic N) is 2. The third-order valence-corrected chi connectivity index (χ3v) is 4.20. The van der Waals surface area contributed by atoms with Crippen molar-refractivity contribution in [3.8, 4) is 0 Å². The molecule has 116 valence electrons. The molecular formula is C17H26N2O2. The first-order chi connectivity index (χ1) is 9.88. The molecular weight excluding hydrogens is 264 g/mol. The van der Waals surface area contributed by atoms with E-state index in [0.717, 1.165) is 37.8 Å². The number of aliphatic carboxylic acids is 1. The fourth-order valence-corrected chi connectivity index (χ4v) is 2.86. The maximum Gasteiger partial charge on any atom is 0.320 e. The zero-order valence-electron chi connectivity index (χ0n) is 13.3. The lowest BCUT2D eigenvalue weighted by atomic mass is 9.87. The summed E-state index contributed by atoms with van der Waals surface area (Å²) in [4.78, 5) is 17.9. The van der Waals surface area contributed by atoms with Crippen LogP contribution in [0.25, 0.3) is 0 Å². The van der Waals surface area contributed by atoms with Gasteiger partial charge in [-0.1, -0.05) is 39.7 Å². The van der Waals surface area contributed by atoms with Gasteiger partial charge in [0, 0.05) is 18.9 Å². The molecule has 1 N–H and O–H groups in total. The minimum Gasteiger partial charge on any atom is -0.480 e. The average Bonchev–Trinajstić information content (AvgIpc) is 2.63. The van der Waals surface area contributed by atoms with Crippen molar-refractivity contribution in [1.82, 2.24) is 9.88 Å². The molecule has 1 atom stereocenters. The van der Waals surface area contributed by atoms with Gasteiger partial charge in [-0.15, -0.1) is 0 Å². The summed E-state index contributed by atoms with van der Waals surface area (Å²) < 4.78 is 0. The van der Waals surface area contributed by atoms with Gasteiger partial charge in [0.1, 0.15) is 6.04 Å². The third kappa shape index (κ3) is 4.27. The van der Waals surface area contributed by atoms with Crippen molar-refractivity contribution in [2.24, 2.45) is 0 Å². The molecule has 0 saturated carbocycles. The summed E-state index contributed by atoms with van der Waals surface area (Å²) in [5.41, 5.74) is 2.37. The first-order valence-corrected chi connectivity index (χ1v) is 7.79. The summed E-state index contributed by atoms with van der Waals surface area (Å²) in [6.07, 6.45) is 7.73. The van der Waals surface area contributed by atoms with E-state index in [9.17, 15) is 9.90 Å². The second-order valence-corrected chi connectivity index (χ2v) is 7.01. The Hall–Kier alpha value is -1.42. The Labute approximate surface area is 127 Å². The number of hydrogen-bond donors (Lipinski definition) is 1. The van der Waals surface area contributed by atoms with Gasteiger partial charge in [0.2, 0.25) is 0 Å². The van der Waals surface area contributed by atoms with Gasteiger partial charge in [0.05, 0.1) is 0 Å². The van der Waals surface area contributed by atoms with Gasteiger partial charge in [-0.3, -0.25) is 14.7 Å². The van der Waals surface area contributed by atoms with Gasteiger partial charge in [0.15, 0.2) is 0 Å². The maximum atomic E-state index is 11.5. The minimum atomic E-state index is -0.697. The van der Waals surface area contributed by atoms with Crippen molar-refractivity contribution in [3.05, 3.63) is 29.6 Å². The molecule has 0 amide bonds. The van der Waals surface area contributed by atoms with Crippen molar-refractivity contribution in [2.75, 3.05) is 6.54 Å². The van der Waals surface area contributed by atoms with Crippen LogP contribution in [0.5, 0.6) is 0 Å². The number of carboxylic acids is 1. The Balaban J connectivity index is 2.17. The van der Waals surface area contributed by atoms with Crippen molar-refractivity contribution in [3.63, 3.8) is 0 Å². The number of pyridine rings is 1. The molecule has 0 bridgehead atoms. The number of carbonyl (C=O) groups is 1. The molecule has 1 saturated heterocycles. The van der Waals surface area contributed by atoms with Crippen LogP contribution in [-0.4, -0.2) is 33.5 Å². The summed E-state index contributed by atoms with van der Waals surface area (Å²) in [6, 6.07) is 1.81. The van der Waals surface area contributed by atoms with Gasteiger partial charge in [-0.05, 0) is 35.9 Å². The lowest BCUT2D eigenvalue weighted by Crippen LogP contribution is -2.40. The second-order valence-electron chi connectivity index (χ2n) is 7.01. The van der Waals surface area contributed by atoms with Crippen LogP contribution in [0.4, 0.5) is 0 Å². The highest BCUT2D eigenvalue weighted by Gasteiger charge is 2.27. The number of rotatable bonds is 3. The second kappa shape index (κ2) is 6.56. The third-order valence-electron chi connectivity index (χ3n) is 4.20. The van der Waals surface area contributed by atoms with Crippen LogP contribution in [-0.2, 0) is 16.8 Å². The SMILES string of the molecule is CC(C)(C)c1cncc(CN2CCCCCC2C(=O)O)c1. The molecule has 21 heavy (non-hydrogen) atoms. The largest absolute Gasteiger partial charge is 0.480 e. The van der Waals surface area contributed by atoms with Crippen molar-refractivity contribution >= 4 is 5.97 Å². The van der Waals surface area contributed by atoms with E-state index in [2.05, 4.69) is 36.7 Å². The van der Waals surface area contributed by atoms with E-state index < -0.39 is 5.97 Å². The molecule has 1 fully saturated rings. The predicted molar refractivity (Wildman–Crippen MR) is 83.2 cm³/mol. The highest BCUT2D eigenvalue weighted by atomic mass is 16.4. The van der Waals surface area contributed by atoms with Crippen LogP contribution >= 0.6 is 0 Å². The Morgan fingerprint density at radius 3 is 2.76 bits per heavy atom. The van der Waals surface area contributed by atoms with Crippen molar-refractivity contribution in [1.29, 1.82) is 0 Å². The molecule has 0 aromatic carbocycles. The summed E-state index contributed by atoms with van der Waals surface area (Å²) >= 11 is 0. The molecule has 0 radical (unpaired) electrons. The first kappa shape index (κ1) is 16.0. The maximum absolute atomic E-state index is 11.5. The summed E-state index contributed by atoms with van der Waals surface area (Å²) in [5, 5.41) is 9.44. The van der Waals surface area contributed by atoms with Crippen LogP contribution in [0, 0.1) is 0 Å². The van der Waals surface area contributed by atoms with E-state index in [0.29, 0.717) is 6.54 Å². The van der Waals surface area contributed by atoms with E-state index in [1.807, 2.05) is 12.4 Å². The first-order valence-electron chi connectivity index (χ1n) is 7.79. The Morgan fingerprint density at radius 1 is 1.33 bits per heavy atom. The van der Waals surface area contributed by atoms with E-state index in [1.54, 1.807) is 0 Å². The molecule has 2 heterocycles. The molecule has 4 heteroatoms. The number of aromatic nitrogens is 1. The zero-order chi connectivity index (χ0) is 15.5. The monoisotopic (exact) mass is 290 g/mol. The zero-order valence-corrected chi connectivity index (χ0v) is 13.3. The smallest absolute Gasteiger partial charge is 0.320 e. The summed E-state index contributed by atoms with van der Waals surface area (Å²) in [5.74, 6) is -0.697. The number of hydrogen-bond acceptors (Lipinski definition) is 3. The minimum absolute atomic E-state index is 0.0635. The van der Waals surface area contributed by atoms with Gasteiger partial charge < -0.3 is 5.11 Å². The molecule has 1 unspecified atom stereocenters. The van der Waals surface area contributed by atoms with Gasteiger partial charge in [0.25, 0.3) is 0 Å². The Kier molecular flexibility index (Phi) is 4.99. The molecule has 1 aliphatic heterocycles. The highest BCUT2D eigenvalue weighted by molar-refractivity contribution is 5.73. The van der Waals surface area contributed by atoms with Crippen LogP contribution < -0.4 is 0 Å².